The Morgan fingerprint density at radius 2 is 1.25 bits per heavy atom. The van der Waals surface area contributed by atoms with Crippen molar-refractivity contribution in [2.24, 2.45) is 0 Å². The second kappa shape index (κ2) is 5.63. The molecule has 0 fully saturated rings. The Morgan fingerprint density at radius 1 is 0.850 bits per heavy atom. The predicted molar refractivity (Wildman–Crippen MR) is 61.2 cm³/mol. The lowest BCUT2D eigenvalue weighted by atomic mass is 9.92. The summed E-state index contributed by atoms with van der Waals surface area (Å²) >= 11 is 0. The summed E-state index contributed by atoms with van der Waals surface area (Å²) in [6, 6.07) is 5.28. The third kappa shape index (κ3) is 3.45. The summed E-state index contributed by atoms with van der Waals surface area (Å²) in [7, 11) is 0. The van der Waals surface area contributed by atoms with Gasteiger partial charge in [0.25, 0.3) is 5.60 Å². The maximum atomic E-state index is 12.5. The molecule has 0 aliphatic carbocycles. The van der Waals surface area contributed by atoms with Crippen molar-refractivity contribution >= 4 is 0 Å². The Morgan fingerprint density at radius 3 is 1.60 bits per heavy atom. The minimum absolute atomic E-state index is 0.220. The van der Waals surface area contributed by atoms with E-state index in [0.717, 1.165) is 12.0 Å². The van der Waals surface area contributed by atoms with Crippen molar-refractivity contribution < 1.29 is 31.4 Å². The van der Waals surface area contributed by atoms with Crippen molar-refractivity contribution in [1.82, 2.24) is 0 Å². The molecule has 0 saturated carbocycles. The molecule has 0 heterocycles. The molecule has 114 valence electrons. The van der Waals surface area contributed by atoms with Gasteiger partial charge in [-0.2, -0.15) is 26.3 Å². The van der Waals surface area contributed by atoms with Crippen molar-refractivity contribution in [1.29, 1.82) is 0 Å². The number of alkyl halides is 6. The number of aryl methyl sites for hydroxylation is 1. The lowest BCUT2D eigenvalue weighted by molar-refractivity contribution is -0.367. The van der Waals surface area contributed by atoms with E-state index in [2.05, 4.69) is 0 Å². The highest BCUT2D eigenvalue weighted by molar-refractivity contribution is 5.25. The third-order valence-corrected chi connectivity index (χ3v) is 2.96. The zero-order chi connectivity index (χ0) is 15.6. The first-order valence-electron chi connectivity index (χ1n) is 5.95. The summed E-state index contributed by atoms with van der Waals surface area (Å²) < 4.78 is 75.1. The molecule has 0 aliphatic rings. The Kier molecular flexibility index (Phi) is 4.74. The molecular weight excluding hydrogens is 286 g/mol. The van der Waals surface area contributed by atoms with Crippen molar-refractivity contribution in [2.45, 2.75) is 44.1 Å². The van der Waals surface area contributed by atoms with Gasteiger partial charge in [-0.15, -0.1) is 0 Å². The van der Waals surface area contributed by atoms with E-state index in [-0.39, 0.29) is 5.56 Å². The van der Waals surface area contributed by atoms with Gasteiger partial charge in [0, 0.05) is 6.42 Å². The first kappa shape index (κ1) is 16.8. The smallest absolute Gasteiger partial charge is 0.373 e. The summed E-state index contributed by atoms with van der Waals surface area (Å²) in [5.74, 6) is 0. The summed E-state index contributed by atoms with van der Waals surface area (Å²) in [4.78, 5) is 0. The molecule has 0 radical (unpaired) electrons. The molecule has 1 nitrogen and oxygen atoms in total. The van der Waals surface area contributed by atoms with Crippen LogP contribution in [0.15, 0.2) is 24.3 Å². The number of halogens is 6. The third-order valence-electron chi connectivity index (χ3n) is 2.96. The molecule has 1 aromatic carbocycles. The number of hydrogen-bond acceptors (Lipinski definition) is 1. The van der Waals surface area contributed by atoms with Gasteiger partial charge in [0.05, 0.1) is 0 Å². The van der Waals surface area contributed by atoms with E-state index in [1.807, 2.05) is 6.92 Å². The summed E-state index contributed by atoms with van der Waals surface area (Å²) in [5.41, 5.74) is -4.13. The second-order valence-electron chi connectivity index (χ2n) is 4.60. The van der Waals surface area contributed by atoms with Gasteiger partial charge in [0.15, 0.2) is 0 Å². The molecule has 20 heavy (non-hydrogen) atoms. The highest BCUT2D eigenvalue weighted by Crippen LogP contribution is 2.44. The fraction of sp³-hybridized carbons (Fsp3) is 0.538. The Balaban J connectivity index is 3.03. The fourth-order valence-electron chi connectivity index (χ4n) is 1.77. The average Bonchev–Trinajstić information content (AvgIpc) is 2.29. The molecule has 1 aromatic rings. The van der Waals surface area contributed by atoms with Crippen LogP contribution in [0.2, 0.25) is 0 Å². The molecular formula is C13H14F6O. The van der Waals surface area contributed by atoms with Gasteiger partial charge >= 0.3 is 12.4 Å². The monoisotopic (exact) mass is 300 g/mol. The first-order valence-corrected chi connectivity index (χ1v) is 5.95. The van der Waals surface area contributed by atoms with Gasteiger partial charge in [-0.05, 0) is 17.5 Å². The largest absolute Gasteiger partial charge is 0.426 e. The van der Waals surface area contributed by atoms with Gasteiger partial charge in [-0.25, -0.2) is 0 Å². The Hall–Kier alpha value is -1.24. The lowest BCUT2D eigenvalue weighted by Gasteiger charge is -2.32. The van der Waals surface area contributed by atoms with Crippen molar-refractivity contribution in [3.8, 4) is 0 Å². The molecule has 0 unspecified atom stereocenters. The van der Waals surface area contributed by atoms with E-state index >= 15 is 0 Å². The zero-order valence-electron chi connectivity index (χ0n) is 10.6. The maximum Gasteiger partial charge on any atom is 0.426 e. The molecule has 0 aromatic heterocycles. The molecule has 0 aliphatic heterocycles. The SMILES string of the molecule is CCCc1ccc(CC(O)(C(F)(F)F)C(F)(F)F)cc1. The number of aliphatic hydroxyl groups is 1. The normalized spacial score (nSPS) is 13.6. The van der Waals surface area contributed by atoms with Crippen LogP contribution in [-0.2, 0) is 12.8 Å². The van der Waals surface area contributed by atoms with Crippen LogP contribution < -0.4 is 0 Å². The van der Waals surface area contributed by atoms with Crippen LogP contribution in [0.1, 0.15) is 24.5 Å². The fourth-order valence-corrected chi connectivity index (χ4v) is 1.77. The Labute approximate surface area is 112 Å². The Bertz CT molecular complexity index is 418. The standard InChI is InChI=1S/C13H14F6O/c1-2-3-9-4-6-10(7-5-9)8-11(20,12(14,15)16)13(17,18)19/h4-7,20H,2-3,8H2,1H3. The van der Waals surface area contributed by atoms with Crippen molar-refractivity contribution in [3.05, 3.63) is 35.4 Å². The lowest BCUT2D eigenvalue weighted by Crippen LogP contribution is -2.58. The average molecular weight is 300 g/mol. The molecule has 0 saturated heterocycles. The zero-order valence-corrected chi connectivity index (χ0v) is 10.6. The van der Waals surface area contributed by atoms with E-state index in [1.54, 1.807) is 0 Å². The van der Waals surface area contributed by atoms with Gasteiger partial charge in [-0.1, -0.05) is 37.6 Å². The van der Waals surface area contributed by atoms with Crippen LogP contribution in [0.5, 0.6) is 0 Å². The van der Waals surface area contributed by atoms with Gasteiger partial charge in [0.2, 0.25) is 0 Å². The van der Waals surface area contributed by atoms with Crippen LogP contribution in [0.4, 0.5) is 26.3 Å². The molecule has 0 amide bonds. The number of hydrogen-bond donors (Lipinski definition) is 1. The highest BCUT2D eigenvalue weighted by atomic mass is 19.4. The van der Waals surface area contributed by atoms with Crippen LogP contribution in [0.3, 0.4) is 0 Å². The molecule has 1 N–H and O–H groups in total. The molecule has 7 heteroatoms. The van der Waals surface area contributed by atoms with E-state index in [1.165, 1.54) is 24.3 Å². The minimum atomic E-state index is -5.78. The van der Waals surface area contributed by atoms with Crippen LogP contribution in [0, 0.1) is 0 Å². The van der Waals surface area contributed by atoms with Gasteiger partial charge in [-0.3, -0.25) is 0 Å². The van der Waals surface area contributed by atoms with Crippen molar-refractivity contribution in [3.63, 3.8) is 0 Å². The number of benzene rings is 1. The quantitative estimate of drug-likeness (QED) is 0.832. The molecule has 0 bridgehead atoms. The molecule has 0 atom stereocenters. The second-order valence-corrected chi connectivity index (χ2v) is 4.60. The van der Waals surface area contributed by atoms with Crippen LogP contribution >= 0.6 is 0 Å². The predicted octanol–water partition coefficient (Wildman–Crippen LogP) is 4.04. The van der Waals surface area contributed by atoms with E-state index in [0.29, 0.717) is 6.42 Å². The van der Waals surface area contributed by atoms with Crippen molar-refractivity contribution in [2.75, 3.05) is 0 Å². The van der Waals surface area contributed by atoms with E-state index in [4.69, 9.17) is 5.11 Å². The van der Waals surface area contributed by atoms with E-state index in [9.17, 15) is 26.3 Å². The summed E-state index contributed by atoms with van der Waals surface area (Å²) in [5, 5.41) is 9.06. The van der Waals surface area contributed by atoms with Crippen LogP contribution in [-0.4, -0.2) is 23.1 Å². The van der Waals surface area contributed by atoms with Gasteiger partial charge < -0.3 is 5.11 Å². The number of rotatable bonds is 4. The topological polar surface area (TPSA) is 20.2 Å². The van der Waals surface area contributed by atoms with E-state index < -0.39 is 24.4 Å². The highest BCUT2D eigenvalue weighted by Gasteiger charge is 2.70. The molecule has 0 spiro atoms. The maximum absolute atomic E-state index is 12.5. The van der Waals surface area contributed by atoms with Gasteiger partial charge in [0.1, 0.15) is 0 Å². The summed E-state index contributed by atoms with van der Waals surface area (Å²) in [6.45, 7) is 1.90. The molecule has 1 rings (SSSR count). The minimum Gasteiger partial charge on any atom is -0.373 e. The summed E-state index contributed by atoms with van der Waals surface area (Å²) in [6.07, 6.45) is -11.6. The first-order chi connectivity index (χ1) is 9.01. The van der Waals surface area contributed by atoms with Crippen LogP contribution in [0.25, 0.3) is 0 Å².